The minimum atomic E-state index is -0.337. The van der Waals surface area contributed by atoms with Crippen LogP contribution in [-0.2, 0) is 4.74 Å². The van der Waals surface area contributed by atoms with Gasteiger partial charge >= 0.3 is 5.97 Å². The summed E-state index contributed by atoms with van der Waals surface area (Å²) < 4.78 is 5.97. The van der Waals surface area contributed by atoms with Crippen molar-refractivity contribution in [1.29, 1.82) is 0 Å². The third-order valence-electron chi connectivity index (χ3n) is 10.1. The van der Waals surface area contributed by atoms with Gasteiger partial charge in [-0.15, -0.1) is 0 Å². The third kappa shape index (κ3) is 19.2. The number of nitrogens with zero attached hydrogens (tertiary/aromatic N) is 3. The summed E-state index contributed by atoms with van der Waals surface area (Å²) in [7, 11) is 0. The molecule has 0 aliphatic heterocycles. The van der Waals surface area contributed by atoms with E-state index < -0.39 is 0 Å². The first-order valence-electron chi connectivity index (χ1n) is 22.1. The Bertz CT molecular complexity index is 1750. The van der Waals surface area contributed by atoms with Crippen LogP contribution in [0, 0.1) is 35.5 Å². The van der Waals surface area contributed by atoms with Crippen molar-refractivity contribution in [2.24, 2.45) is 35.5 Å². The maximum Gasteiger partial charge on any atom is 0.338 e. The SMILES string of the molecule is C=C/C=C\C(C)C.CC(C)CCCC(C)CCC(COC(=O)c1ccc(-c2nc(-c3ccccc3O)nc(-c3ccccc3O)n2)cc1)C(C)CCCC(C)C.CCC. The normalized spacial score (nSPS) is 12.7. The Kier molecular flexibility index (Phi) is 23.8. The molecule has 0 spiro atoms. The molecule has 4 aromatic rings. The molecule has 7 nitrogen and oxygen atoms in total. The Morgan fingerprint density at radius 1 is 0.661 bits per heavy atom. The summed E-state index contributed by atoms with van der Waals surface area (Å²) in [5, 5.41) is 21.1. The van der Waals surface area contributed by atoms with Gasteiger partial charge in [0.2, 0.25) is 0 Å². The summed E-state index contributed by atoms with van der Waals surface area (Å²) >= 11 is 0. The fraction of sp³-hybridized carbons (Fsp3) is 0.500. The predicted octanol–water partition coefficient (Wildman–Crippen LogP) is 14.6. The van der Waals surface area contributed by atoms with Crippen LogP contribution in [0.1, 0.15) is 137 Å². The van der Waals surface area contributed by atoms with Crippen LogP contribution in [0.4, 0.5) is 0 Å². The second-order valence-electron chi connectivity index (χ2n) is 17.2. The zero-order chi connectivity index (χ0) is 43.7. The van der Waals surface area contributed by atoms with E-state index in [9.17, 15) is 15.0 Å². The molecular weight excluding hydrogens is 731 g/mol. The van der Waals surface area contributed by atoms with E-state index in [1.165, 1.54) is 38.5 Å². The fourth-order valence-corrected chi connectivity index (χ4v) is 6.53. The van der Waals surface area contributed by atoms with Gasteiger partial charge in [-0.3, -0.25) is 0 Å². The van der Waals surface area contributed by atoms with Gasteiger partial charge in [0.15, 0.2) is 17.5 Å². The van der Waals surface area contributed by atoms with Crippen LogP contribution >= 0.6 is 0 Å². The highest BCUT2D eigenvalue weighted by atomic mass is 16.5. The zero-order valence-electron chi connectivity index (χ0n) is 38.0. The largest absolute Gasteiger partial charge is 0.507 e. The van der Waals surface area contributed by atoms with Gasteiger partial charge < -0.3 is 14.9 Å². The van der Waals surface area contributed by atoms with Gasteiger partial charge in [0.05, 0.1) is 23.3 Å². The van der Waals surface area contributed by atoms with Crippen molar-refractivity contribution < 1.29 is 19.7 Å². The van der Waals surface area contributed by atoms with Crippen LogP contribution in [0.15, 0.2) is 97.6 Å². The van der Waals surface area contributed by atoms with Gasteiger partial charge in [0.25, 0.3) is 0 Å². The second kappa shape index (κ2) is 27.8. The third-order valence-corrected chi connectivity index (χ3v) is 10.1. The lowest BCUT2D eigenvalue weighted by molar-refractivity contribution is 0.0375. The van der Waals surface area contributed by atoms with Crippen molar-refractivity contribution in [2.75, 3.05) is 6.61 Å². The molecule has 4 rings (SSSR count). The van der Waals surface area contributed by atoms with Crippen molar-refractivity contribution >= 4 is 5.97 Å². The van der Waals surface area contributed by atoms with Crippen LogP contribution in [0.2, 0.25) is 0 Å². The molecule has 3 unspecified atom stereocenters. The van der Waals surface area contributed by atoms with Gasteiger partial charge in [-0.05, 0) is 78.3 Å². The van der Waals surface area contributed by atoms with Crippen LogP contribution in [-0.4, -0.2) is 37.7 Å². The average Bonchev–Trinajstić information content (AvgIpc) is 3.20. The number of aromatic nitrogens is 3. The zero-order valence-corrected chi connectivity index (χ0v) is 38.0. The van der Waals surface area contributed by atoms with E-state index >= 15 is 0 Å². The lowest BCUT2D eigenvalue weighted by Crippen LogP contribution is -2.21. The molecule has 322 valence electrons. The van der Waals surface area contributed by atoms with Crippen LogP contribution in [0.25, 0.3) is 34.2 Å². The molecule has 3 atom stereocenters. The monoisotopic (exact) mass is 806 g/mol. The number of allylic oxidation sites excluding steroid dienone is 3. The minimum absolute atomic E-state index is 0.0362. The van der Waals surface area contributed by atoms with E-state index in [-0.39, 0.29) is 29.1 Å². The average molecular weight is 806 g/mol. The number of hydrogen-bond acceptors (Lipinski definition) is 7. The number of hydrogen-bond donors (Lipinski definition) is 2. The van der Waals surface area contributed by atoms with Crippen molar-refractivity contribution in [2.45, 2.75) is 127 Å². The maximum atomic E-state index is 13.3. The number of carbonyl (C=O) groups excluding carboxylic acids is 1. The van der Waals surface area contributed by atoms with Crippen molar-refractivity contribution in [3.63, 3.8) is 0 Å². The van der Waals surface area contributed by atoms with Crippen LogP contribution in [0.3, 0.4) is 0 Å². The molecule has 0 aliphatic rings. The summed E-state index contributed by atoms with van der Waals surface area (Å²) in [6, 6.07) is 20.7. The Morgan fingerprint density at radius 3 is 1.61 bits per heavy atom. The number of phenolic OH excluding ortho intramolecular Hbond substituents is 2. The number of carbonyl (C=O) groups is 1. The Morgan fingerprint density at radius 2 is 1.15 bits per heavy atom. The van der Waals surface area contributed by atoms with E-state index in [0.29, 0.717) is 64.3 Å². The number of aromatic hydroxyl groups is 2. The van der Waals surface area contributed by atoms with E-state index in [2.05, 4.69) is 96.8 Å². The van der Waals surface area contributed by atoms with E-state index in [1.807, 2.05) is 6.08 Å². The molecule has 0 bridgehead atoms. The fourth-order valence-electron chi connectivity index (χ4n) is 6.53. The summed E-state index contributed by atoms with van der Waals surface area (Å²) in [6.45, 7) is 26.3. The summed E-state index contributed by atoms with van der Waals surface area (Å²) in [6.07, 6.45) is 16.7. The minimum Gasteiger partial charge on any atom is -0.507 e. The number of esters is 1. The first-order chi connectivity index (χ1) is 28.2. The molecule has 7 heteroatoms. The number of rotatable bonds is 20. The topological polar surface area (TPSA) is 105 Å². The number of benzene rings is 3. The van der Waals surface area contributed by atoms with Gasteiger partial charge in [-0.2, -0.15) is 0 Å². The van der Waals surface area contributed by atoms with E-state index in [1.54, 1.807) is 78.9 Å². The molecule has 59 heavy (non-hydrogen) atoms. The smallest absolute Gasteiger partial charge is 0.338 e. The quantitative estimate of drug-likeness (QED) is 0.0677. The first kappa shape index (κ1) is 50.4. The second-order valence-corrected chi connectivity index (χ2v) is 17.2. The standard InChI is InChI=1S/C42H55N3O4.C7H12.C3H8/c1-28(2)13-11-15-30(5)21-22-34(31(6)16-12-14-29(3)4)27-49-42(48)33-25-23-32(24-26-33)39-43-40(35-17-7-9-19-37(35)46)45-41(44-39)36-18-8-10-20-38(36)47;1-4-5-6-7(2)3;1-3-2/h7-10,17-20,23-26,28-31,34,46-47H,11-16,21-22,27H2,1-6H3;4-7H,1H2,2-3H3;3H2,1-2H3/b;6-5-;. The molecule has 1 aromatic heterocycles. The van der Waals surface area contributed by atoms with Crippen molar-refractivity contribution in [1.82, 2.24) is 15.0 Å². The summed E-state index contributed by atoms with van der Waals surface area (Å²) in [5.41, 5.74) is 2.02. The van der Waals surface area contributed by atoms with Gasteiger partial charge in [0, 0.05) is 5.56 Å². The first-order valence-corrected chi connectivity index (χ1v) is 22.1. The van der Waals surface area contributed by atoms with Gasteiger partial charge in [-0.1, -0.05) is 182 Å². The predicted molar refractivity (Wildman–Crippen MR) is 248 cm³/mol. The van der Waals surface area contributed by atoms with Gasteiger partial charge in [-0.25, -0.2) is 19.7 Å². The molecule has 0 fully saturated rings. The highest BCUT2D eigenvalue weighted by molar-refractivity contribution is 5.90. The molecule has 3 aromatic carbocycles. The molecule has 2 N–H and O–H groups in total. The van der Waals surface area contributed by atoms with E-state index in [0.717, 1.165) is 25.2 Å². The maximum absolute atomic E-state index is 13.3. The molecule has 0 saturated heterocycles. The highest BCUT2D eigenvalue weighted by Crippen LogP contribution is 2.33. The Hall–Kier alpha value is -4.78. The van der Waals surface area contributed by atoms with Crippen molar-refractivity contribution in [3.8, 4) is 45.7 Å². The molecule has 1 heterocycles. The lowest BCUT2D eigenvalue weighted by Gasteiger charge is -2.25. The van der Waals surface area contributed by atoms with Crippen molar-refractivity contribution in [3.05, 3.63) is 103 Å². The molecule has 0 amide bonds. The lowest BCUT2D eigenvalue weighted by atomic mass is 9.83. The number of para-hydroxylation sites is 2. The van der Waals surface area contributed by atoms with E-state index in [4.69, 9.17) is 4.74 Å². The Labute approximate surface area is 357 Å². The molecule has 0 saturated carbocycles. The molecule has 0 radical (unpaired) electrons. The molecular formula is C52H75N3O4. The van der Waals surface area contributed by atoms with Crippen LogP contribution < -0.4 is 0 Å². The number of phenols is 2. The molecule has 0 aliphatic carbocycles. The highest BCUT2D eigenvalue weighted by Gasteiger charge is 2.22. The van der Waals surface area contributed by atoms with Crippen LogP contribution in [0.5, 0.6) is 11.5 Å². The number of ether oxygens (including phenoxy) is 1. The van der Waals surface area contributed by atoms with Gasteiger partial charge in [0.1, 0.15) is 11.5 Å². The Balaban J connectivity index is 0.00000107. The summed E-state index contributed by atoms with van der Waals surface area (Å²) in [5.74, 6) is 4.20. The summed E-state index contributed by atoms with van der Waals surface area (Å²) in [4.78, 5) is 27.2.